The lowest BCUT2D eigenvalue weighted by atomic mass is 10.1. The molecular formula is C13H25N3O. The van der Waals surface area contributed by atoms with Gasteiger partial charge in [0.2, 0.25) is 0 Å². The van der Waals surface area contributed by atoms with Crippen molar-refractivity contribution in [2.75, 3.05) is 39.4 Å². The summed E-state index contributed by atoms with van der Waals surface area (Å²) in [7, 11) is 0. The first-order chi connectivity index (χ1) is 8.19. The number of ether oxygens (including phenoxy) is 1. The number of hydrogen-bond acceptors (Lipinski definition) is 4. The van der Waals surface area contributed by atoms with Gasteiger partial charge in [0, 0.05) is 44.9 Å². The van der Waals surface area contributed by atoms with Crippen molar-refractivity contribution in [2.24, 2.45) is 0 Å². The van der Waals surface area contributed by atoms with Crippen LogP contribution in [0.4, 0.5) is 0 Å². The summed E-state index contributed by atoms with van der Waals surface area (Å²) >= 11 is 0. The summed E-state index contributed by atoms with van der Waals surface area (Å²) < 4.78 is 5.40. The number of nitrogens with zero attached hydrogens (tertiary/aromatic N) is 3. The third kappa shape index (κ3) is 4.63. The highest BCUT2D eigenvalue weighted by molar-refractivity contribution is 4.86. The van der Waals surface area contributed by atoms with Crippen LogP contribution in [0.3, 0.4) is 0 Å². The number of hydrogen-bond donors (Lipinski definition) is 0. The summed E-state index contributed by atoms with van der Waals surface area (Å²) in [5, 5.41) is 8.72. The van der Waals surface area contributed by atoms with Gasteiger partial charge in [0.1, 0.15) is 0 Å². The summed E-state index contributed by atoms with van der Waals surface area (Å²) in [6.07, 6.45) is 0.631. The molecule has 1 rings (SSSR count). The average Bonchev–Trinajstić information content (AvgIpc) is 2.31. The molecule has 1 fully saturated rings. The zero-order valence-electron chi connectivity index (χ0n) is 11.4. The molecule has 0 saturated carbocycles. The highest BCUT2D eigenvalue weighted by Crippen LogP contribution is 2.13. The van der Waals surface area contributed by atoms with E-state index in [-0.39, 0.29) is 0 Å². The smallest absolute Gasteiger partial charge is 0.0638 e. The van der Waals surface area contributed by atoms with Crippen molar-refractivity contribution in [1.82, 2.24) is 9.80 Å². The minimum absolute atomic E-state index is 0.386. The van der Waals surface area contributed by atoms with Gasteiger partial charge in [0.05, 0.1) is 19.1 Å². The van der Waals surface area contributed by atoms with Gasteiger partial charge in [-0.25, -0.2) is 0 Å². The summed E-state index contributed by atoms with van der Waals surface area (Å²) in [6, 6.07) is 3.20. The molecule has 0 bridgehead atoms. The minimum atomic E-state index is 0.386. The van der Waals surface area contributed by atoms with Gasteiger partial charge in [0.25, 0.3) is 0 Å². The van der Waals surface area contributed by atoms with E-state index in [9.17, 15) is 0 Å². The Morgan fingerprint density at radius 1 is 1.47 bits per heavy atom. The van der Waals surface area contributed by atoms with E-state index in [2.05, 4.69) is 29.7 Å². The van der Waals surface area contributed by atoms with Gasteiger partial charge in [-0.2, -0.15) is 5.26 Å². The molecule has 4 heteroatoms. The van der Waals surface area contributed by atoms with Crippen molar-refractivity contribution in [3.63, 3.8) is 0 Å². The summed E-state index contributed by atoms with van der Waals surface area (Å²) in [5.74, 6) is 0. The van der Waals surface area contributed by atoms with E-state index in [1.54, 1.807) is 0 Å². The molecule has 0 N–H and O–H groups in total. The summed E-state index contributed by atoms with van der Waals surface area (Å²) in [4.78, 5) is 4.90. The van der Waals surface area contributed by atoms with E-state index >= 15 is 0 Å². The molecule has 17 heavy (non-hydrogen) atoms. The molecule has 4 nitrogen and oxygen atoms in total. The summed E-state index contributed by atoms with van der Waals surface area (Å²) in [6.45, 7) is 12.3. The SMILES string of the molecule is CCOCCN1CCN([C@H](C)CC#N)C[C@H]1C. The van der Waals surface area contributed by atoms with Crippen LogP contribution in [-0.4, -0.2) is 61.3 Å². The first-order valence-corrected chi connectivity index (χ1v) is 6.61. The fourth-order valence-corrected chi connectivity index (χ4v) is 2.34. The van der Waals surface area contributed by atoms with Gasteiger partial charge in [-0.1, -0.05) is 0 Å². The van der Waals surface area contributed by atoms with Gasteiger partial charge in [-0.05, 0) is 20.8 Å². The van der Waals surface area contributed by atoms with E-state index in [1.165, 1.54) is 0 Å². The van der Waals surface area contributed by atoms with Gasteiger partial charge in [0.15, 0.2) is 0 Å². The van der Waals surface area contributed by atoms with Crippen LogP contribution in [0.5, 0.6) is 0 Å². The van der Waals surface area contributed by atoms with E-state index in [0.717, 1.165) is 39.4 Å². The van der Waals surface area contributed by atoms with Crippen LogP contribution in [-0.2, 0) is 4.74 Å². The van der Waals surface area contributed by atoms with E-state index in [0.29, 0.717) is 18.5 Å². The highest BCUT2D eigenvalue weighted by Gasteiger charge is 2.25. The minimum Gasteiger partial charge on any atom is -0.380 e. The van der Waals surface area contributed by atoms with Crippen LogP contribution < -0.4 is 0 Å². The van der Waals surface area contributed by atoms with Crippen molar-refractivity contribution in [3.8, 4) is 6.07 Å². The van der Waals surface area contributed by atoms with E-state index in [1.807, 2.05) is 6.92 Å². The zero-order valence-corrected chi connectivity index (χ0v) is 11.4. The predicted octanol–water partition coefficient (Wildman–Crippen LogP) is 1.33. The Labute approximate surface area is 105 Å². The van der Waals surface area contributed by atoms with Crippen molar-refractivity contribution >= 4 is 0 Å². The fourth-order valence-electron chi connectivity index (χ4n) is 2.34. The van der Waals surface area contributed by atoms with Gasteiger partial charge in [-0.15, -0.1) is 0 Å². The Morgan fingerprint density at radius 2 is 2.24 bits per heavy atom. The Bertz CT molecular complexity index is 252. The Hall–Kier alpha value is -0.630. The Kier molecular flexibility index (Phi) is 6.49. The third-order valence-electron chi connectivity index (χ3n) is 3.53. The van der Waals surface area contributed by atoms with Gasteiger partial charge < -0.3 is 4.74 Å². The highest BCUT2D eigenvalue weighted by atomic mass is 16.5. The van der Waals surface area contributed by atoms with E-state index in [4.69, 9.17) is 10.00 Å². The van der Waals surface area contributed by atoms with Crippen molar-refractivity contribution < 1.29 is 4.74 Å². The predicted molar refractivity (Wildman–Crippen MR) is 68.8 cm³/mol. The maximum Gasteiger partial charge on any atom is 0.0638 e. The molecule has 0 aromatic heterocycles. The standard InChI is InChI=1S/C13H25N3O/c1-4-17-10-9-15-7-8-16(11-13(15)3)12(2)5-6-14/h12-13H,4-5,7-11H2,1-3H3/t12-,13-/m1/s1. The maximum atomic E-state index is 8.72. The van der Waals surface area contributed by atoms with Crippen LogP contribution in [0.1, 0.15) is 27.2 Å². The quantitative estimate of drug-likeness (QED) is 0.656. The van der Waals surface area contributed by atoms with Crippen LogP contribution in [0, 0.1) is 11.3 Å². The maximum absolute atomic E-state index is 8.72. The van der Waals surface area contributed by atoms with E-state index < -0.39 is 0 Å². The molecule has 1 saturated heterocycles. The lowest BCUT2D eigenvalue weighted by molar-refractivity contribution is 0.0360. The normalized spacial score (nSPS) is 24.5. The van der Waals surface area contributed by atoms with Crippen LogP contribution in [0.15, 0.2) is 0 Å². The monoisotopic (exact) mass is 239 g/mol. The van der Waals surface area contributed by atoms with Crippen molar-refractivity contribution in [3.05, 3.63) is 0 Å². The lowest BCUT2D eigenvalue weighted by Gasteiger charge is -2.42. The second-order valence-corrected chi connectivity index (χ2v) is 4.79. The van der Waals surface area contributed by atoms with Crippen molar-refractivity contribution in [2.45, 2.75) is 39.3 Å². The molecule has 0 unspecified atom stereocenters. The van der Waals surface area contributed by atoms with Crippen LogP contribution in [0.25, 0.3) is 0 Å². The molecule has 1 aliphatic heterocycles. The average molecular weight is 239 g/mol. The molecule has 1 heterocycles. The topological polar surface area (TPSA) is 39.5 Å². The number of piperazine rings is 1. The largest absolute Gasteiger partial charge is 0.380 e. The van der Waals surface area contributed by atoms with Gasteiger partial charge >= 0.3 is 0 Å². The number of rotatable bonds is 6. The number of nitriles is 1. The molecule has 0 aromatic carbocycles. The molecule has 1 aliphatic rings. The Morgan fingerprint density at radius 3 is 2.82 bits per heavy atom. The molecule has 0 aromatic rings. The van der Waals surface area contributed by atoms with Crippen molar-refractivity contribution in [1.29, 1.82) is 5.26 Å². The fraction of sp³-hybridized carbons (Fsp3) is 0.923. The first kappa shape index (κ1) is 14.4. The lowest BCUT2D eigenvalue weighted by Crippen LogP contribution is -2.54. The van der Waals surface area contributed by atoms with Crippen LogP contribution >= 0.6 is 0 Å². The van der Waals surface area contributed by atoms with Crippen LogP contribution in [0.2, 0.25) is 0 Å². The van der Waals surface area contributed by atoms with Gasteiger partial charge in [-0.3, -0.25) is 9.80 Å². The Balaban J connectivity index is 2.31. The molecule has 0 spiro atoms. The second kappa shape index (κ2) is 7.65. The molecule has 2 atom stereocenters. The first-order valence-electron chi connectivity index (χ1n) is 6.61. The zero-order chi connectivity index (χ0) is 12.7. The molecule has 98 valence electrons. The second-order valence-electron chi connectivity index (χ2n) is 4.79. The third-order valence-corrected chi connectivity index (χ3v) is 3.53. The molecular weight excluding hydrogens is 214 g/mol. The molecule has 0 aliphatic carbocycles. The summed E-state index contributed by atoms with van der Waals surface area (Å²) in [5.41, 5.74) is 0. The molecule has 0 amide bonds. The molecule has 0 radical (unpaired) electrons.